The second-order valence-corrected chi connectivity index (χ2v) is 3.66. The number of nitrogens with one attached hydrogen (secondary N) is 1. The molecule has 0 amide bonds. The fourth-order valence-electron chi connectivity index (χ4n) is 1.26. The molecule has 5 heteroatoms. The summed E-state index contributed by atoms with van der Waals surface area (Å²) in [5.74, 6) is 0.210. The zero-order valence-electron chi connectivity index (χ0n) is 9.78. The van der Waals surface area contributed by atoms with Gasteiger partial charge in [0.15, 0.2) is 5.69 Å². The van der Waals surface area contributed by atoms with E-state index >= 15 is 0 Å². The minimum atomic E-state index is 0.207. The van der Waals surface area contributed by atoms with Crippen LogP contribution in [0.25, 0.3) is 0 Å². The van der Waals surface area contributed by atoms with Crippen LogP contribution in [0.3, 0.4) is 0 Å². The standard InChI is InChI=1S/C11H15N5/c1-4-5-8-7-14-9(6-12)10(15-8)11(13)16(2)3/h7,13H,4-5H2,1-3H3. The Kier molecular flexibility index (Phi) is 3.95. The van der Waals surface area contributed by atoms with Gasteiger partial charge in [0.25, 0.3) is 0 Å². The summed E-state index contributed by atoms with van der Waals surface area (Å²) >= 11 is 0. The van der Waals surface area contributed by atoms with Gasteiger partial charge in [0.05, 0.1) is 11.9 Å². The van der Waals surface area contributed by atoms with Crippen molar-refractivity contribution in [2.24, 2.45) is 0 Å². The first-order valence-electron chi connectivity index (χ1n) is 5.12. The minimum absolute atomic E-state index is 0.207. The molecule has 0 aliphatic heterocycles. The van der Waals surface area contributed by atoms with E-state index in [1.165, 1.54) is 0 Å². The molecule has 1 N–H and O–H groups in total. The number of nitriles is 1. The van der Waals surface area contributed by atoms with Crippen LogP contribution in [0.4, 0.5) is 0 Å². The summed E-state index contributed by atoms with van der Waals surface area (Å²) in [6, 6.07) is 1.96. The fraction of sp³-hybridized carbons (Fsp3) is 0.455. The Hall–Kier alpha value is -1.96. The van der Waals surface area contributed by atoms with Crippen molar-refractivity contribution in [2.75, 3.05) is 14.1 Å². The van der Waals surface area contributed by atoms with E-state index in [1.807, 2.05) is 6.07 Å². The lowest BCUT2D eigenvalue weighted by molar-refractivity contribution is 0.615. The average molecular weight is 217 g/mol. The molecule has 84 valence electrons. The SMILES string of the molecule is CCCc1cnc(C#N)c(C(=N)N(C)C)n1. The van der Waals surface area contributed by atoms with Gasteiger partial charge in [-0.05, 0) is 6.42 Å². The van der Waals surface area contributed by atoms with Crippen molar-refractivity contribution < 1.29 is 0 Å². The van der Waals surface area contributed by atoms with Crippen LogP contribution in [0.5, 0.6) is 0 Å². The molecule has 0 fully saturated rings. The lowest BCUT2D eigenvalue weighted by Gasteiger charge is -2.14. The van der Waals surface area contributed by atoms with E-state index in [2.05, 4.69) is 16.9 Å². The first-order chi connectivity index (χ1) is 7.60. The molecule has 0 saturated heterocycles. The average Bonchev–Trinajstić information content (AvgIpc) is 2.28. The smallest absolute Gasteiger partial charge is 0.169 e. The van der Waals surface area contributed by atoms with Crippen molar-refractivity contribution in [2.45, 2.75) is 19.8 Å². The Morgan fingerprint density at radius 3 is 2.75 bits per heavy atom. The molecule has 0 unspecified atom stereocenters. The normalized spacial score (nSPS) is 9.62. The molecule has 0 saturated carbocycles. The third-order valence-electron chi connectivity index (χ3n) is 2.11. The second kappa shape index (κ2) is 5.21. The minimum Gasteiger partial charge on any atom is -0.361 e. The summed E-state index contributed by atoms with van der Waals surface area (Å²) in [6.07, 6.45) is 3.39. The molecular weight excluding hydrogens is 202 g/mol. The predicted octanol–water partition coefficient (Wildman–Crippen LogP) is 1.19. The molecule has 0 spiro atoms. The molecule has 0 atom stereocenters. The highest BCUT2D eigenvalue weighted by molar-refractivity contribution is 5.95. The predicted molar refractivity (Wildman–Crippen MR) is 61.3 cm³/mol. The molecule has 0 aromatic carbocycles. The Bertz CT molecular complexity index is 430. The summed E-state index contributed by atoms with van der Waals surface area (Å²) < 4.78 is 0. The van der Waals surface area contributed by atoms with Crippen LogP contribution < -0.4 is 0 Å². The van der Waals surface area contributed by atoms with Gasteiger partial charge in [-0.3, -0.25) is 5.41 Å². The maximum Gasteiger partial charge on any atom is 0.169 e. The van der Waals surface area contributed by atoms with Gasteiger partial charge in [0.1, 0.15) is 17.6 Å². The molecular formula is C11H15N5. The number of aromatic nitrogens is 2. The molecule has 1 aromatic heterocycles. The molecule has 0 aliphatic carbocycles. The lowest BCUT2D eigenvalue weighted by Crippen LogP contribution is -2.25. The van der Waals surface area contributed by atoms with E-state index in [-0.39, 0.29) is 11.5 Å². The van der Waals surface area contributed by atoms with Crippen molar-refractivity contribution in [1.82, 2.24) is 14.9 Å². The van der Waals surface area contributed by atoms with Crippen LogP contribution in [0.2, 0.25) is 0 Å². The Labute approximate surface area is 95.3 Å². The molecule has 0 aliphatic rings. The first kappa shape index (κ1) is 12.1. The maximum atomic E-state index is 8.90. The summed E-state index contributed by atoms with van der Waals surface area (Å²) in [4.78, 5) is 9.94. The first-order valence-corrected chi connectivity index (χ1v) is 5.12. The Balaban J connectivity index is 3.18. The molecule has 5 nitrogen and oxygen atoms in total. The zero-order chi connectivity index (χ0) is 12.1. The van der Waals surface area contributed by atoms with E-state index in [9.17, 15) is 0 Å². The largest absolute Gasteiger partial charge is 0.361 e. The third kappa shape index (κ3) is 2.54. The van der Waals surface area contributed by atoms with Crippen LogP contribution in [0.15, 0.2) is 6.20 Å². The summed E-state index contributed by atoms with van der Waals surface area (Å²) in [7, 11) is 3.50. The van der Waals surface area contributed by atoms with Crippen molar-refractivity contribution in [3.8, 4) is 6.07 Å². The molecule has 1 aromatic rings. The number of hydrogen-bond acceptors (Lipinski definition) is 4. The number of rotatable bonds is 3. The van der Waals surface area contributed by atoms with Gasteiger partial charge in [-0.2, -0.15) is 5.26 Å². The molecule has 1 heterocycles. The monoisotopic (exact) mass is 217 g/mol. The van der Waals surface area contributed by atoms with E-state index < -0.39 is 0 Å². The van der Waals surface area contributed by atoms with E-state index in [0.29, 0.717) is 5.69 Å². The second-order valence-electron chi connectivity index (χ2n) is 3.66. The van der Waals surface area contributed by atoms with Gasteiger partial charge in [-0.15, -0.1) is 0 Å². The topological polar surface area (TPSA) is 76.7 Å². The molecule has 1 rings (SSSR count). The van der Waals surface area contributed by atoms with E-state index in [1.54, 1.807) is 25.2 Å². The van der Waals surface area contributed by atoms with Crippen molar-refractivity contribution in [1.29, 1.82) is 10.7 Å². The lowest BCUT2D eigenvalue weighted by atomic mass is 10.2. The van der Waals surface area contributed by atoms with Crippen molar-refractivity contribution in [3.63, 3.8) is 0 Å². The third-order valence-corrected chi connectivity index (χ3v) is 2.11. The van der Waals surface area contributed by atoms with Crippen LogP contribution in [0, 0.1) is 16.7 Å². The van der Waals surface area contributed by atoms with Gasteiger partial charge < -0.3 is 4.90 Å². The van der Waals surface area contributed by atoms with Gasteiger partial charge >= 0.3 is 0 Å². The molecule has 0 radical (unpaired) electrons. The highest BCUT2D eigenvalue weighted by Gasteiger charge is 2.13. The fourth-order valence-corrected chi connectivity index (χ4v) is 1.26. The zero-order valence-corrected chi connectivity index (χ0v) is 9.78. The van der Waals surface area contributed by atoms with Gasteiger partial charge in [0.2, 0.25) is 0 Å². The van der Waals surface area contributed by atoms with Gasteiger partial charge in [0, 0.05) is 14.1 Å². The van der Waals surface area contributed by atoms with Crippen molar-refractivity contribution >= 4 is 5.84 Å². The molecule has 16 heavy (non-hydrogen) atoms. The molecule has 0 bridgehead atoms. The van der Waals surface area contributed by atoms with Crippen LogP contribution >= 0.6 is 0 Å². The van der Waals surface area contributed by atoms with Gasteiger partial charge in [-0.25, -0.2) is 9.97 Å². The summed E-state index contributed by atoms with van der Waals surface area (Å²) in [6.45, 7) is 2.05. The van der Waals surface area contributed by atoms with Crippen LogP contribution in [0.1, 0.15) is 30.4 Å². The quantitative estimate of drug-likeness (QED) is 0.609. The highest BCUT2D eigenvalue weighted by Crippen LogP contribution is 2.07. The maximum absolute atomic E-state index is 8.90. The van der Waals surface area contributed by atoms with Gasteiger partial charge in [-0.1, -0.05) is 13.3 Å². The summed E-state index contributed by atoms with van der Waals surface area (Å²) in [5.41, 5.74) is 1.39. The van der Waals surface area contributed by atoms with Crippen molar-refractivity contribution in [3.05, 3.63) is 23.3 Å². The summed E-state index contributed by atoms with van der Waals surface area (Å²) in [5, 5.41) is 16.7. The van der Waals surface area contributed by atoms with Crippen LogP contribution in [-0.2, 0) is 6.42 Å². The van der Waals surface area contributed by atoms with Crippen LogP contribution in [-0.4, -0.2) is 34.8 Å². The number of aryl methyl sites for hydroxylation is 1. The number of amidine groups is 1. The van der Waals surface area contributed by atoms with E-state index in [4.69, 9.17) is 10.7 Å². The Morgan fingerprint density at radius 1 is 1.56 bits per heavy atom. The number of hydrogen-bond donors (Lipinski definition) is 1. The van der Waals surface area contributed by atoms with E-state index in [0.717, 1.165) is 18.5 Å². The Morgan fingerprint density at radius 2 is 2.25 bits per heavy atom. The highest BCUT2D eigenvalue weighted by atomic mass is 15.1. The number of nitrogens with zero attached hydrogens (tertiary/aromatic N) is 4.